The smallest absolute Gasteiger partial charge is 0.223 e. The van der Waals surface area contributed by atoms with Crippen LogP contribution in [0.4, 0.5) is 4.39 Å². The van der Waals surface area contributed by atoms with Crippen molar-refractivity contribution < 1.29 is 23.1 Å². The number of methoxy groups -OCH3 is 1. The number of terminal acetylenes is 1. The van der Waals surface area contributed by atoms with Gasteiger partial charge >= 0.3 is 0 Å². The predicted molar refractivity (Wildman–Crippen MR) is 109 cm³/mol. The molecule has 0 bridgehead atoms. The molecule has 0 unspecified atom stereocenters. The molecule has 1 saturated heterocycles. The summed E-state index contributed by atoms with van der Waals surface area (Å²) in [7, 11) is 1.52. The van der Waals surface area contributed by atoms with Crippen molar-refractivity contribution in [3.8, 4) is 18.1 Å². The number of hydrogen-bond donors (Lipinski definition) is 1. The zero-order chi connectivity index (χ0) is 21.6. The third-order valence-corrected chi connectivity index (χ3v) is 5.40. The van der Waals surface area contributed by atoms with E-state index in [0.717, 1.165) is 0 Å². The van der Waals surface area contributed by atoms with Crippen LogP contribution in [0.25, 0.3) is 0 Å². The Labute approximate surface area is 175 Å². The van der Waals surface area contributed by atoms with Gasteiger partial charge in [0.05, 0.1) is 26.5 Å². The number of furan rings is 1. The van der Waals surface area contributed by atoms with Gasteiger partial charge in [-0.25, -0.2) is 4.39 Å². The predicted octanol–water partition coefficient (Wildman–Crippen LogP) is 3.06. The van der Waals surface area contributed by atoms with E-state index in [1.807, 2.05) is 0 Å². The highest BCUT2D eigenvalue weighted by Gasteiger charge is 2.39. The maximum atomic E-state index is 14.4. The molecule has 1 N–H and O–H groups in total. The third-order valence-electron chi connectivity index (χ3n) is 5.40. The first-order chi connectivity index (χ1) is 14.4. The summed E-state index contributed by atoms with van der Waals surface area (Å²) in [6, 6.07) is 8.06. The highest BCUT2D eigenvalue weighted by molar-refractivity contribution is 5.80. The number of carbonyl (C=O) groups excluding carboxylic acids is 2. The van der Waals surface area contributed by atoms with E-state index in [-0.39, 0.29) is 43.6 Å². The summed E-state index contributed by atoms with van der Waals surface area (Å²) < 4.78 is 24.9. The van der Waals surface area contributed by atoms with E-state index in [1.165, 1.54) is 18.1 Å². The summed E-state index contributed by atoms with van der Waals surface area (Å²) >= 11 is 0. The molecule has 2 amide bonds. The minimum atomic E-state index is -0.688. The molecule has 3 rings (SSSR count). The van der Waals surface area contributed by atoms with Crippen LogP contribution in [-0.2, 0) is 22.6 Å². The number of benzene rings is 1. The molecule has 6 nitrogen and oxygen atoms in total. The van der Waals surface area contributed by atoms with Gasteiger partial charge in [-0.3, -0.25) is 9.59 Å². The van der Waals surface area contributed by atoms with Crippen molar-refractivity contribution in [3.63, 3.8) is 0 Å². The van der Waals surface area contributed by atoms with Crippen LogP contribution in [0.3, 0.4) is 0 Å². The molecule has 1 aromatic carbocycles. The highest BCUT2D eigenvalue weighted by Crippen LogP contribution is 2.32. The molecule has 0 radical (unpaired) electrons. The largest absolute Gasteiger partial charge is 0.497 e. The Morgan fingerprint density at radius 2 is 2.27 bits per heavy atom. The van der Waals surface area contributed by atoms with E-state index in [0.29, 0.717) is 36.3 Å². The molecule has 1 aromatic heterocycles. The SMILES string of the molecule is C#CCN(Cc1ccco1)C(=O)CC[C@@]1(Cc2cc(OC)ccc2F)CCC(=O)N1. The first kappa shape index (κ1) is 21.4. The van der Waals surface area contributed by atoms with E-state index >= 15 is 0 Å². The highest BCUT2D eigenvalue weighted by atomic mass is 19.1. The summed E-state index contributed by atoms with van der Waals surface area (Å²) in [5.74, 6) is 3.07. The lowest BCUT2D eigenvalue weighted by Gasteiger charge is -2.30. The molecule has 0 spiro atoms. The zero-order valence-corrected chi connectivity index (χ0v) is 16.9. The number of carbonyl (C=O) groups is 2. The lowest BCUT2D eigenvalue weighted by Crippen LogP contribution is -2.45. The Morgan fingerprint density at radius 1 is 1.43 bits per heavy atom. The quantitative estimate of drug-likeness (QED) is 0.643. The van der Waals surface area contributed by atoms with Gasteiger partial charge in [0.1, 0.15) is 17.3 Å². The van der Waals surface area contributed by atoms with Gasteiger partial charge in [-0.05, 0) is 55.2 Å². The molecule has 1 atom stereocenters. The van der Waals surface area contributed by atoms with Crippen molar-refractivity contribution in [2.45, 2.75) is 44.2 Å². The van der Waals surface area contributed by atoms with E-state index < -0.39 is 5.54 Å². The molecule has 2 heterocycles. The number of hydrogen-bond acceptors (Lipinski definition) is 4. The Hall–Kier alpha value is -3.27. The lowest BCUT2D eigenvalue weighted by molar-refractivity contribution is -0.132. The molecule has 1 fully saturated rings. The van der Waals surface area contributed by atoms with Gasteiger partial charge in [0.15, 0.2) is 0 Å². The molecular weight excluding hydrogens is 387 g/mol. The van der Waals surface area contributed by atoms with Gasteiger partial charge in [-0.1, -0.05) is 5.92 Å². The monoisotopic (exact) mass is 412 g/mol. The summed E-state index contributed by atoms with van der Waals surface area (Å²) in [4.78, 5) is 26.4. The average molecular weight is 412 g/mol. The third kappa shape index (κ3) is 5.20. The van der Waals surface area contributed by atoms with Crippen LogP contribution in [0.1, 0.15) is 37.0 Å². The summed E-state index contributed by atoms with van der Waals surface area (Å²) in [5.41, 5.74) is -0.244. The van der Waals surface area contributed by atoms with Crippen molar-refractivity contribution in [1.82, 2.24) is 10.2 Å². The maximum absolute atomic E-state index is 14.4. The van der Waals surface area contributed by atoms with Crippen LogP contribution >= 0.6 is 0 Å². The normalized spacial score (nSPS) is 18.0. The molecule has 158 valence electrons. The van der Waals surface area contributed by atoms with Gasteiger partial charge < -0.3 is 19.4 Å². The summed E-state index contributed by atoms with van der Waals surface area (Å²) in [6.07, 6.45) is 8.68. The van der Waals surface area contributed by atoms with Crippen LogP contribution in [0, 0.1) is 18.2 Å². The Bertz CT molecular complexity index is 935. The number of rotatable bonds is 9. The second-order valence-electron chi connectivity index (χ2n) is 7.50. The minimum absolute atomic E-state index is 0.0955. The van der Waals surface area contributed by atoms with Crippen molar-refractivity contribution in [2.75, 3.05) is 13.7 Å². The van der Waals surface area contributed by atoms with Crippen molar-refractivity contribution in [3.05, 3.63) is 53.7 Å². The minimum Gasteiger partial charge on any atom is -0.497 e. The van der Waals surface area contributed by atoms with E-state index in [1.54, 1.807) is 30.5 Å². The number of nitrogens with one attached hydrogen (secondary N) is 1. The Balaban J connectivity index is 1.72. The van der Waals surface area contributed by atoms with Gasteiger partial charge in [-0.15, -0.1) is 6.42 Å². The van der Waals surface area contributed by atoms with E-state index in [2.05, 4.69) is 11.2 Å². The molecule has 1 aliphatic rings. The number of halogens is 1. The number of amides is 2. The van der Waals surface area contributed by atoms with Crippen LogP contribution < -0.4 is 10.1 Å². The summed E-state index contributed by atoms with van der Waals surface area (Å²) in [5, 5.41) is 2.98. The topological polar surface area (TPSA) is 71.8 Å². The van der Waals surface area contributed by atoms with Crippen LogP contribution in [-0.4, -0.2) is 35.9 Å². The first-order valence-electron chi connectivity index (χ1n) is 9.82. The molecule has 2 aromatic rings. The molecule has 0 saturated carbocycles. The van der Waals surface area contributed by atoms with Crippen LogP contribution in [0.5, 0.6) is 5.75 Å². The molecular formula is C23H25FN2O4. The van der Waals surface area contributed by atoms with Crippen molar-refractivity contribution in [1.29, 1.82) is 0 Å². The summed E-state index contributed by atoms with van der Waals surface area (Å²) in [6.45, 7) is 0.434. The number of nitrogens with zero attached hydrogens (tertiary/aromatic N) is 1. The molecule has 7 heteroatoms. The van der Waals surface area contributed by atoms with Gasteiger partial charge in [0, 0.05) is 18.4 Å². The number of ether oxygens (including phenoxy) is 1. The lowest BCUT2D eigenvalue weighted by atomic mass is 9.84. The van der Waals surface area contributed by atoms with E-state index in [4.69, 9.17) is 15.6 Å². The molecule has 0 aliphatic carbocycles. The maximum Gasteiger partial charge on any atom is 0.223 e. The second kappa shape index (κ2) is 9.49. The fourth-order valence-electron chi connectivity index (χ4n) is 3.80. The van der Waals surface area contributed by atoms with Crippen molar-refractivity contribution >= 4 is 11.8 Å². The van der Waals surface area contributed by atoms with Gasteiger partial charge in [-0.2, -0.15) is 0 Å². The Morgan fingerprint density at radius 3 is 2.90 bits per heavy atom. The van der Waals surface area contributed by atoms with Gasteiger partial charge in [0.25, 0.3) is 0 Å². The average Bonchev–Trinajstić information content (AvgIpc) is 3.37. The second-order valence-corrected chi connectivity index (χ2v) is 7.50. The van der Waals surface area contributed by atoms with Gasteiger partial charge in [0.2, 0.25) is 11.8 Å². The fraction of sp³-hybridized carbons (Fsp3) is 0.391. The van der Waals surface area contributed by atoms with Crippen LogP contribution in [0.15, 0.2) is 41.0 Å². The van der Waals surface area contributed by atoms with E-state index in [9.17, 15) is 14.0 Å². The standard InChI is InChI=1S/C23H25FN2O4/c1-3-12-26(16-19-5-4-13-30-19)22(28)9-11-23(10-8-21(27)25-23)15-17-14-18(29-2)6-7-20(17)24/h1,4-7,13-14H,8-12,15-16H2,2H3,(H,25,27)/t23-/m1/s1. The zero-order valence-electron chi connectivity index (χ0n) is 16.9. The molecule has 1 aliphatic heterocycles. The first-order valence-corrected chi connectivity index (χ1v) is 9.82. The molecule has 30 heavy (non-hydrogen) atoms. The van der Waals surface area contributed by atoms with Crippen LogP contribution in [0.2, 0.25) is 0 Å². The fourth-order valence-corrected chi connectivity index (χ4v) is 3.80. The van der Waals surface area contributed by atoms with Crippen molar-refractivity contribution in [2.24, 2.45) is 0 Å². The Kier molecular flexibility index (Phi) is 6.78.